The monoisotopic (exact) mass is 381 g/mol. The standard InChI is InChI=1S/C18H21F2N3O2S/c1-2-22-9-11-23(12-10-22)15-5-3-14(4-6-15)21-26(24,25)16-7-8-17(19)18(20)13-16/h3-8,13,21H,2,9-12H2,1H3. The summed E-state index contributed by atoms with van der Waals surface area (Å²) in [6.45, 7) is 7.03. The van der Waals surface area contributed by atoms with Crippen molar-refractivity contribution in [1.82, 2.24) is 4.90 Å². The minimum absolute atomic E-state index is 0.323. The zero-order valence-corrected chi connectivity index (χ0v) is 15.3. The van der Waals surface area contributed by atoms with Crippen LogP contribution in [0.25, 0.3) is 0 Å². The van der Waals surface area contributed by atoms with Gasteiger partial charge in [0.1, 0.15) is 0 Å². The Morgan fingerprint density at radius 3 is 2.19 bits per heavy atom. The summed E-state index contributed by atoms with van der Waals surface area (Å²) in [5, 5.41) is 0. The van der Waals surface area contributed by atoms with Crippen molar-refractivity contribution in [3.8, 4) is 0 Å². The summed E-state index contributed by atoms with van der Waals surface area (Å²) in [6, 6.07) is 9.53. The highest BCUT2D eigenvalue weighted by Gasteiger charge is 2.18. The van der Waals surface area contributed by atoms with Crippen LogP contribution >= 0.6 is 0 Å². The molecule has 2 aromatic carbocycles. The summed E-state index contributed by atoms with van der Waals surface area (Å²) in [5.41, 5.74) is 1.39. The molecule has 140 valence electrons. The van der Waals surface area contributed by atoms with E-state index in [-0.39, 0.29) is 4.90 Å². The van der Waals surface area contributed by atoms with Crippen molar-refractivity contribution in [1.29, 1.82) is 0 Å². The molecular formula is C18H21F2N3O2S. The lowest BCUT2D eigenvalue weighted by Crippen LogP contribution is -2.46. The Morgan fingerprint density at radius 2 is 1.62 bits per heavy atom. The van der Waals surface area contributed by atoms with Gasteiger partial charge in [-0.05, 0) is 49.0 Å². The molecule has 0 atom stereocenters. The van der Waals surface area contributed by atoms with E-state index in [1.165, 1.54) is 0 Å². The van der Waals surface area contributed by atoms with E-state index in [0.717, 1.165) is 50.5 Å². The second kappa shape index (κ2) is 7.59. The quantitative estimate of drug-likeness (QED) is 0.865. The number of benzene rings is 2. The molecule has 26 heavy (non-hydrogen) atoms. The summed E-state index contributed by atoms with van der Waals surface area (Å²) >= 11 is 0. The van der Waals surface area contributed by atoms with Gasteiger partial charge in [-0.2, -0.15) is 0 Å². The van der Waals surface area contributed by atoms with E-state index in [1.54, 1.807) is 12.1 Å². The number of piperazine rings is 1. The minimum atomic E-state index is -3.98. The van der Waals surface area contributed by atoms with Gasteiger partial charge in [-0.15, -0.1) is 0 Å². The molecule has 1 aliphatic rings. The summed E-state index contributed by atoms with van der Waals surface area (Å²) in [7, 11) is -3.98. The molecule has 1 N–H and O–H groups in total. The Morgan fingerprint density at radius 1 is 0.962 bits per heavy atom. The molecule has 2 aromatic rings. The van der Waals surface area contributed by atoms with Crippen molar-refractivity contribution in [2.24, 2.45) is 0 Å². The third-order valence-corrected chi connectivity index (χ3v) is 5.88. The van der Waals surface area contributed by atoms with Crippen molar-refractivity contribution < 1.29 is 17.2 Å². The zero-order valence-electron chi connectivity index (χ0n) is 14.5. The molecule has 0 aromatic heterocycles. The van der Waals surface area contributed by atoms with Crippen molar-refractivity contribution in [3.05, 3.63) is 54.1 Å². The number of likely N-dealkylation sites (N-methyl/N-ethyl adjacent to an activating group) is 1. The van der Waals surface area contributed by atoms with Gasteiger partial charge in [-0.25, -0.2) is 17.2 Å². The maximum Gasteiger partial charge on any atom is 0.261 e. The lowest BCUT2D eigenvalue weighted by molar-refractivity contribution is 0.271. The fourth-order valence-electron chi connectivity index (χ4n) is 2.92. The molecule has 3 rings (SSSR count). The van der Waals surface area contributed by atoms with Crippen molar-refractivity contribution in [2.45, 2.75) is 11.8 Å². The maximum absolute atomic E-state index is 13.3. The van der Waals surface area contributed by atoms with Gasteiger partial charge in [0.15, 0.2) is 11.6 Å². The number of halogens is 2. The predicted molar refractivity (Wildman–Crippen MR) is 97.9 cm³/mol. The molecule has 1 saturated heterocycles. The number of hydrogen-bond donors (Lipinski definition) is 1. The van der Waals surface area contributed by atoms with E-state index < -0.39 is 21.7 Å². The summed E-state index contributed by atoms with van der Waals surface area (Å²) < 4.78 is 53.3. The van der Waals surface area contributed by atoms with Crippen molar-refractivity contribution >= 4 is 21.4 Å². The molecule has 1 aliphatic heterocycles. The fraction of sp³-hybridized carbons (Fsp3) is 0.333. The number of nitrogens with one attached hydrogen (secondary N) is 1. The highest BCUT2D eigenvalue weighted by Crippen LogP contribution is 2.22. The molecule has 0 bridgehead atoms. The second-order valence-electron chi connectivity index (χ2n) is 6.15. The van der Waals surface area contributed by atoms with E-state index in [2.05, 4.69) is 21.4 Å². The van der Waals surface area contributed by atoms with Crippen LogP contribution in [0, 0.1) is 11.6 Å². The highest BCUT2D eigenvalue weighted by molar-refractivity contribution is 7.92. The van der Waals surface area contributed by atoms with Crippen LogP contribution in [0.1, 0.15) is 6.92 Å². The lowest BCUT2D eigenvalue weighted by Gasteiger charge is -2.35. The molecular weight excluding hydrogens is 360 g/mol. The van der Waals surface area contributed by atoms with Crippen LogP contribution in [0.4, 0.5) is 20.2 Å². The van der Waals surface area contributed by atoms with Gasteiger partial charge in [0.05, 0.1) is 4.90 Å². The first-order valence-electron chi connectivity index (χ1n) is 8.44. The third kappa shape index (κ3) is 4.13. The van der Waals surface area contributed by atoms with Crippen molar-refractivity contribution in [2.75, 3.05) is 42.3 Å². The number of anilines is 2. The average molecular weight is 381 g/mol. The van der Waals surface area contributed by atoms with Crippen LogP contribution in [0.2, 0.25) is 0 Å². The van der Waals surface area contributed by atoms with E-state index in [0.29, 0.717) is 11.8 Å². The lowest BCUT2D eigenvalue weighted by atomic mass is 10.2. The van der Waals surface area contributed by atoms with E-state index in [1.807, 2.05) is 12.1 Å². The van der Waals surface area contributed by atoms with Gasteiger partial charge in [0, 0.05) is 37.6 Å². The van der Waals surface area contributed by atoms with Gasteiger partial charge in [-0.3, -0.25) is 4.72 Å². The largest absolute Gasteiger partial charge is 0.369 e. The fourth-order valence-corrected chi connectivity index (χ4v) is 3.99. The number of sulfonamides is 1. The first-order chi connectivity index (χ1) is 12.4. The molecule has 0 saturated carbocycles. The van der Waals surface area contributed by atoms with Gasteiger partial charge in [-0.1, -0.05) is 6.92 Å². The Kier molecular flexibility index (Phi) is 5.43. The number of hydrogen-bond acceptors (Lipinski definition) is 4. The van der Waals surface area contributed by atoms with Crippen LogP contribution < -0.4 is 9.62 Å². The zero-order chi connectivity index (χ0) is 18.7. The maximum atomic E-state index is 13.3. The first kappa shape index (κ1) is 18.6. The Hall–Kier alpha value is -2.19. The van der Waals surface area contributed by atoms with Crippen LogP contribution in [0.5, 0.6) is 0 Å². The Labute approximate surface area is 152 Å². The van der Waals surface area contributed by atoms with Crippen LogP contribution in [0.3, 0.4) is 0 Å². The average Bonchev–Trinajstić information content (AvgIpc) is 2.64. The summed E-state index contributed by atoms with van der Waals surface area (Å²) in [6.07, 6.45) is 0. The molecule has 0 radical (unpaired) electrons. The van der Waals surface area contributed by atoms with Gasteiger partial charge < -0.3 is 9.80 Å². The van der Waals surface area contributed by atoms with Crippen LogP contribution in [0.15, 0.2) is 47.4 Å². The predicted octanol–water partition coefficient (Wildman–Crippen LogP) is 2.91. The smallest absolute Gasteiger partial charge is 0.261 e. The molecule has 1 heterocycles. The van der Waals surface area contributed by atoms with E-state index in [9.17, 15) is 17.2 Å². The SMILES string of the molecule is CCN1CCN(c2ccc(NS(=O)(=O)c3ccc(F)c(F)c3)cc2)CC1. The van der Waals surface area contributed by atoms with Gasteiger partial charge in [0.25, 0.3) is 10.0 Å². The van der Waals surface area contributed by atoms with E-state index in [4.69, 9.17) is 0 Å². The van der Waals surface area contributed by atoms with Gasteiger partial charge in [0.2, 0.25) is 0 Å². The molecule has 0 unspecified atom stereocenters. The van der Waals surface area contributed by atoms with E-state index >= 15 is 0 Å². The Bertz CT molecular complexity index is 865. The topological polar surface area (TPSA) is 52.6 Å². The second-order valence-corrected chi connectivity index (χ2v) is 7.83. The Balaban J connectivity index is 1.70. The summed E-state index contributed by atoms with van der Waals surface area (Å²) in [4.78, 5) is 4.30. The minimum Gasteiger partial charge on any atom is -0.369 e. The van der Waals surface area contributed by atoms with Crippen LogP contribution in [-0.4, -0.2) is 46.0 Å². The number of rotatable bonds is 5. The van der Waals surface area contributed by atoms with Crippen LogP contribution in [-0.2, 0) is 10.0 Å². The summed E-state index contributed by atoms with van der Waals surface area (Å²) in [5.74, 6) is -2.29. The normalized spacial score (nSPS) is 15.9. The highest BCUT2D eigenvalue weighted by atomic mass is 32.2. The third-order valence-electron chi connectivity index (χ3n) is 4.51. The molecule has 0 amide bonds. The first-order valence-corrected chi connectivity index (χ1v) is 9.92. The van der Waals surface area contributed by atoms with Crippen molar-refractivity contribution in [3.63, 3.8) is 0 Å². The molecule has 1 fully saturated rings. The number of nitrogens with zero attached hydrogens (tertiary/aromatic N) is 2. The molecule has 0 aliphatic carbocycles. The van der Waals surface area contributed by atoms with Gasteiger partial charge >= 0.3 is 0 Å². The molecule has 0 spiro atoms. The molecule has 5 nitrogen and oxygen atoms in total. The molecule has 8 heteroatoms.